The Bertz CT molecular complexity index is 10.9. The molecule has 0 saturated carbocycles. The quantitative estimate of drug-likeness (QED) is 0.471. The molecule has 0 aromatic heterocycles. The maximum absolute atomic E-state index is 0. The minimum Gasteiger partial charge on any atom is -2.00 e. The van der Waals surface area contributed by atoms with Gasteiger partial charge in [0.2, 0.25) is 0 Å². The molecule has 0 N–H and O–H groups in total. The number of rotatable bonds is 0. The number of hydrogen-bond acceptors (Lipinski definition) is 0. The third kappa shape index (κ3) is 72.6. The van der Waals surface area contributed by atoms with Gasteiger partial charge in [-0.15, -0.1) is 0 Å². The third-order valence-corrected chi connectivity index (χ3v) is 0. The predicted molar refractivity (Wildman–Crippen MR) is 13.6 cm³/mol. The molecule has 0 aromatic rings. The van der Waals surface area contributed by atoms with Crippen molar-refractivity contribution < 1.29 is 50.6 Å². The van der Waals surface area contributed by atoms with E-state index in [1.165, 1.54) is 0 Å². The van der Waals surface area contributed by atoms with Crippen LogP contribution in [0.4, 0.5) is 0 Å². The Morgan fingerprint density at radius 2 is 0.429 bits per heavy atom. The summed E-state index contributed by atoms with van der Waals surface area (Å²) in [7, 11) is 0. The average Bonchev–Trinajstić information content (AvgIpc) is 0. The minimum absolute atomic E-state index is 0. The number of hydrogen-bond donors (Lipinski definition) is 0. The molecule has 0 atom stereocenters. The van der Waals surface area contributed by atoms with Crippen molar-refractivity contribution in [2.75, 3.05) is 0 Å². The third-order valence-electron chi connectivity index (χ3n) is 0. The molecular weight excluding hydrogens is 229 g/mol. The molecule has 0 aliphatic rings. The van der Waals surface area contributed by atoms with Gasteiger partial charge >= 0.3 is 34.7 Å². The van der Waals surface area contributed by atoms with Gasteiger partial charge in [0.25, 0.3) is 0 Å². The van der Waals surface area contributed by atoms with E-state index in [-0.39, 0.29) is 85.3 Å². The molecule has 3 nitrogen and oxygen atoms in total. The van der Waals surface area contributed by atoms with Crippen molar-refractivity contribution in [2.45, 2.75) is 0 Å². The van der Waals surface area contributed by atoms with Crippen LogP contribution in [-0.4, -0.2) is 34.7 Å². The molecule has 0 aliphatic heterocycles. The second kappa shape index (κ2) is 98.9. The molecule has 0 rings (SSSR count). The van der Waals surface area contributed by atoms with Gasteiger partial charge in [0.1, 0.15) is 0 Å². The first-order chi connectivity index (χ1) is 0. The van der Waals surface area contributed by atoms with Gasteiger partial charge in [-0.1, -0.05) is 0 Å². The molecule has 0 unspecified atom stereocenters. The molecule has 0 aliphatic carbocycles. The van der Waals surface area contributed by atoms with Crippen LogP contribution in [0.25, 0.3) is 0 Å². The van der Waals surface area contributed by atoms with Gasteiger partial charge in [-0.3, -0.25) is 0 Å². The zero-order chi connectivity index (χ0) is 0. The van der Waals surface area contributed by atoms with E-state index in [2.05, 4.69) is 0 Å². The smallest absolute Gasteiger partial charge is 2.00 e. The van der Waals surface area contributed by atoms with E-state index in [0.29, 0.717) is 0 Å². The first-order valence-electron chi connectivity index (χ1n) is 0. The summed E-state index contributed by atoms with van der Waals surface area (Å²) in [5.41, 5.74) is 0. The summed E-state index contributed by atoms with van der Waals surface area (Å²) in [5, 5.41) is 0. The summed E-state index contributed by atoms with van der Waals surface area (Å²) < 4.78 is 0. The van der Waals surface area contributed by atoms with Gasteiger partial charge in [-0.2, -0.15) is 0 Å². The van der Waals surface area contributed by atoms with Crippen LogP contribution in [0.5, 0.6) is 0 Å². The van der Waals surface area contributed by atoms with E-state index < -0.39 is 0 Å². The second-order valence-corrected chi connectivity index (χ2v) is 0. The monoisotopic (exact) mass is 228 g/mol. The minimum atomic E-state index is 0. The zero-order valence-corrected chi connectivity index (χ0v) is 7.18. The van der Waals surface area contributed by atoms with Crippen LogP contribution in [0, 0.1) is 0 Å². The summed E-state index contributed by atoms with van der Waals surface area (Å²) in [6.07, 6.45) is 0. The Kier molecular flexibility index (Phi) is 2060. The van der Waals surface area contributed by atoms with Crippen LogP contribution in [0.15, 0.2) is 0 Å². The molecule has 0 bridgehead atoms. The Labute approximate surface area is 84.7 Å². The summed E-state index contributed by atoms with van der Waals surface area (Å²) in [6, 6.07) is 0. The van der Waals surface area contributed by atoms with Crippen molar-refractivity contribution in [3.63, 3.8) is 0 Å². The fraction of sp³-hybridized carbons (Fsp3) is 0. The van der Waals surface area contributed by atoms with Gasteiger partial charge in [-0.25, -0.2) is 0 Å². The molecular formula is Al2Cu2O3. The van der Waals surface area contributed by atoms with Crippen molar-refractivity contribution in [3.05, 3.63) is 0 Å². The van der Waals surface area contributed by atoms with Crippen molar-refractivity contribution in [1.82, 2.24) is 0 Å². The summed E-state index contributed by atoms with van der Waals surface area (Å²) in [5.74, 6) is 0. The fourth-order valence-corrected chi connectivity index (χ4v) is 0. The molecule has 46 valence electrons. The predicted octanol–water partition coefficient (Wildman–Crippen LogP) is -1.12. The van der Waals surface area contributed by atoms with Crippen LogP contribution in [0.3, 0.4) is 0 Å². The Hall–Kier alpha value is 1.98. The standard InChI is InChI=1S/2Al.2Cu.3O/q2*+3;;;3*-2. The maximum atomic E-state index is 0. The van der Waals surface area contributed by atoms with Gasteiger partial charge in [0.05, 0.1) is 0 Å². The first kappa shape index (κ1) is 145. The molecule has 0 fully saturated rings. The van der Waals surface area contributed by atoms with Crippen molar-refractivity contribution in [1.29, 1.82) is 0 Å². The molecule has 2 radical (unpaired) electrons. The van der Waals surface area contributed by atoms with E-state index in [0.717, 1.165) is 0 Å². The van der Waals surface area contributed by atoms with Crippen molar-refractivity contribution in [2.24, 2.45) is 0 Å². The Morgan fingerprint density at radius 3 is 0.429 bits per heavy atom. The second-order valence-electron chi connectivity index (χ2n) is 0. The van der Waals surface area contributed by atoms with Crippen LogP contribution >= 0.6 is 0 Å². The van der Waals surface area contributed by atoms with Crippen LogP contribution in [0.1, 0.15) is 0 Å². The zero-order valence-electron chi connectivity index (χ0n) is 2.98. The Balaban J connectivity index is 0. The van der Waals surface area contributed by atoms with E-state index in [1.807, 2.05) is 0 Å². The van der Waals surface area contributed by atoms with Crippen molar-refractivity contribution >= 4 is 34.7 Å². The van der Waals surface area contributed by atoms with Crippen LogP contribution < -0.4 is 0 Å². The van der Waals surface area contributed by atoms with E-state index in [1.54, 1.807) is 0 Å². The molecule has 7 heavy (non-hydrogen) atoms. The van der Waals surface area contributed by atoms with E-state index in [9.17, 15) is 0 Å². The van der Waals surface area contributed by atoms with Gasteiger partial charge in [0.15, 0.2) is 0 Å². The van der Waals surface area contributed by atoms with Gasteiger partial charge < -0.3 is 16.4 Å². The molecule has 0 spiro atoms. The van der Waals surface area contributed by atoms with Crippen LogP contribution in [-0.2, 0) is 50.6 Å². The average molecular weight is 229 g/mol. The summed E-state index contributed by atoms with van der Waals surface area (Å²) in [4.78, 5) is 0. The Morgan fingerprint density at radius 1 is 0.429 bits per heavy atom. The summed E-state index contributed by atoms with van der Waals surface area (Å²) >= 11 is 0. The molecule has 0 saturated heterocycles. The molecule has 0 amide bonds. The first-order valence-corrected chi connectivity index (χ1v) is 0. The molecule has 7 heteroatoms. The maximum Gasteiger partial charge on any atom is 3.00 e. The summed E-state index contributed by atoms with van der Waals surface area (Å²) in [6.45, 7) is 0. The molecule has 0 heterocycles. The van der Waals surface area contributed by atoms with Gasteiger partial charge in [0, 0.05) is 34.1 Å². The largest absolute Gasteiger partial charge is 3.00 e. The van der Waals surface area contributed by atoms with E-state index >= 15 is 0 Å². The topological polar surface area (TPSA) is 85.5 Å². The van der Waals surface area contributed by atoms with Crippen molar-refractivity contribution in [3.8, 4) is 0 Å². The fourth-order valence-electron chi connectivity index (χ4n) is 0. The van der Waals surface area contributed by atoms with E-state index in [4.69, 9.17) is 0 Å². The SMILES string of the molecule is [Al+3].[Al+3].[Cu].[Cu].[O-2].[O-2].[O-2]. The normalized spacial score (nSPS) is 0. The molecule has 0 aromatic carbocycles. The van der Waals surface area contributed by atoms with Gasteiger partial charge in [-0.05, 0) is 0 Å². The van der Waals surface area contributed by atoms with Crippen LogP contribution in [0.2, 0.25) is 0 Å².